The summed E-state index contributed by atoms with van der Waals surface area (Å²) in [6.07, 6.45) is 0.0127. The molecule has 0 bridgehead atoms. The van der Waals surface area contributed by atoms with Gasteiger partial charge >= 0.3 is 5.97 Å². The lowest BCUT2D eigenvalue weighted by Gasteiger charge is -2.42. The molecule has 8 unspecified atom stereocenters. The predicted octanol–water partition coefficient (Wildman–Crippen LogP) is -4.85. The van der Waals surface area contributed by atoms with E-state index in [9.17, 15) is 15.1 Å². The Morgan fingerprint density at radius 3 is 2.53 bits per heavy atom. The van der Waals surface area contributed by atoms with Crippen molar-refractivity contribution in [3.63, 3.8) is 0 Å². The minimum Gasteiger partial charge on any atom is -0.481 e. The van der Waals surface area contributed by atoms with Crippen LogP contribution in [-0.2, 0) is 4.79 Å². The molecule has 16 heteroatoms. The number of carbonyl (C=O) groups is 1. The Labute approximate surface area is 183 Å². The summed E-state index contributed by atoms with van der Waals surface area (Å²) in [6.45, 7) is 2.03. The van der Waals surface area contributed by atoms with Crippen molar-refractivity contribution in [2.24, 2.45) is 5.92 Å². The van der Waals surface area contributed by atoms with Crippen molar-refractivity contribution in [3.8, 4) is 0 Å². The van der Waals surface area contributed by atoms with Crippen LogP contribution in [0.1, 0.15) is 12.8 Å². The second-order valence-electron chi connectivity index (χ2n) is 7.35. The molecule has 30 heavy (non-hydrogen) atoms. The van der Waals surface area contributed by atoms with Crippen LogP contribution in [0.3, 0.4) is 0 Å². The number of piperidine rings is 1. The number of alkyl halides is 1. The van der Waals surface area contributed by atoms with Crippen LogP contribution in [0.15, 0.2) is 0 Å². The summed E-state index contributed by atoms with van der Waals surface area (Å²) in [5.74, 6) is -0.371. The lowest BCUT2D eigenvalue weighted by atomic mass is 9.98. The highest BCUT2D eigenvalue weighted by Gasteiger charge is 2.37. The maximum Gasteiger partial charge on any atom is 0.312 e. The van der Waals surface area contributed by atoms with Gasteiger partial charge in [0.1, 0.15) is 35.9 Å². The number of thioether (sulfide) groups is 1. The summed E-state index contributed by atoms with van der Waals surface area (Å²) in [5, 5.41) is 49.7. The van der Waals surface area contributed by atoms with Crippen LogP contribution >= 0.6 is 23.4 Å². The van der Waals surface area contributed by atoms with Gasteiger partial charge in [0.05, 0.1) is 13.1 Å². The zero-order valence-electron chi connectivity index (χ0n) is 16.3. The van der Waals surface area contributed by atoms with Gasteiger partial charge in [-0.05, 0) is 12.8 Å². The van der Waals surface area contributed by atoms with E-state index in [1.54, 1.807) is 11.8 Å². The lowest BCUT2D eigenvalue weighted by molar-refractivity contribution is -0.940. The van der Waals surface area contributed by atoms with Gasteiger partial charge in [-0.3, -0.25) is 31.4 Å². The molecule has 3 heterocycles. The summed E-state index contributed by atoms with van der Waals surface area (Å²) >= 11 is 7.63. The van der Waals surface area contributed by atoms with Gasteiger partial charge in [0.15, 0.2) is 0 Å². The summed E-state index contributed by atoms with van der Waals surface area (Å²) in [5.41, 5.74) is 3.62. The largest absolute Gasteiger partial charge is 0.481 e. The molecule has 3 rings (SSSR count). The average Bonchev–Trinajstić information content (AvgIpc) is 2.76. The zero-order valence-corrected chi connectivity index (χ0v) is 17.9. The van der Waals surface area contributed by atoms with Crippen LogP contribution in [0.4, 0.5) is 0 Å². The van der Waals surface area contributed by atoms with E-state index >= 15 is 0 Å². The number of carboxylic acids is 1. The van der Waals surface area contributed by atoms with E-state index in [-0.39, 0.29) is 24.0 Å². The van der Waals surface area contributed by atoms with Crippen molar-refractivity contribution >= 4 is 29.3 Å². The zero-order chi connectivity index (χ0) is 21.5. The summed E-state index contributed by atoms with van der Waals surface area (Å²) < 4.78 is 0. The van der Waals surface area contributed by atoms with Crippen LogP contribution in [0.5, 0.6) is 0 Å². The molecule has 0 aromatic heterocycles. The van der Waals surface area contributed by atoms with Gasteiger partial charge in [-0.15, -0.1) is 11.8 Å². The molecule has 3 fully saturated rings. The van der Waals surface area contributed by atoms with E-state index < -0.39 is 24.2 Å². The van der Waals surface area contributed by atoms with Gasteiger partial charge in [0.2, 0.25) is 6.29 Å². The first-order valence-electron chi connectivity index (χ1n) is 9.90. The molecule has 0 saturated carbocycles. The van der Waals surface area contributed by atoms with E-state index in [4.69, 9.17) is 16.8 Å². The Hall–Kier alpha value is -0.370. The first kappa shape index (κ1) is 24.3. The van der Waals surface area contributed by atoms with Crippen molar-refractivity contribution in [2.45, 2.75) is 49.1 Å². The van der Waals surface area contributed by atoms with Gasteiger partial charge < -0.3 is 20.4 Å². The van der Waals surface area contributed by atoms with Crippen molar-refractivity contribution in [3.05, 3.63) is 0 Å². The van der Waals surface area contributed by atoms with Crippen LogP contribution in [-0.4, -0.2) is 83.2 Å². The van der Waals surface area contributed by atoms with E-state index in [1.807, 2.05) is 0 Å². The second-order valence-corrected chi connectivity index (χ2v) is 9.00. The van der Waals surface area contributed by atoms with Crippen LogP contribution < -0.4 is 53.1 Å². The number of aliphatic carboxylic acids is 1. The molecular weight excluding hydrogens is 440 g/mol. The van der Waals surface area contributed by atoms with Crippen molar-refractivity contribution in [2.75, 3.05) is 25.4 Å². The molecule has 0 amide bonds. The third kappa shape index (κ3) is 7.07. The molecule has 13 N–H and O–H groups in total. The fourth-order valence-electron chi connectivity index (χ4n) is 3.77. The highest BCUT2D eigenvalue weighted by atomic mass is 35.5. The van der Waals surface area contributed by atoms with E-state index in [0.717, 1.165) is 23.6 Å². The fourth-order valence-corrected chi connectivity index (χ4v) is 4.95. The molecule has 0 aromatic rings. The molecule has 0 radical (unpaired) electrons. The number of quaternary nitrogens is 1. The van der Waals surface area contributed by atoms with Crippen LogP contribution in [0.25, 0.3) is 0 Å². The quantitative estimate of drug-likeness (QED) is 0.0662. The number of nitrogens with one attached hydrogen (secondary N) is 10. The molecule has 0 spiro atoms. The fraction of sp³-hybridized carbons (Fsp3) is 0.929. The molecule has 3 aliphatic rings. The highest BCUT2D eigenvalue weighted by molar-refractivity contribution is 7.99. The van der Waals surface area contributed by atoms with E-state index in [1.165, 1.54) is 0 Å². The molecule has 0 aromatic carbocycles. The maximum atomic E-state index is 11.4. The minimum atomic E-state index is -0.757. The van der Waals surface area contributed by atoms with Gasteiger partial charge in [-0.2, -0.15) is 11.0 Å². The summed E-state index contributed by atoms with van der Waals surface area (Å²) in [7, 11) is 0. The van der Waals surface area contributed by atoms with Gasteiger partial charge in [-0.1, -0.05) is 11.6 Å². The van der Waals surface area contributed by atoms with Gasteiger partial charge in [0, 0.05) is 12.3 Å². The lowest BCUT2D eigenvalue weighted by Crippen LogP contribution is -3.22. The molecule has 3 saturated heterocycles. The number of halogens is 1. The second kappa shape index (κ2) is 12.0. The Bertz CT molecular complexity index is 557. The number of likely N-dealkylation sites (tertiary alicyclic amines) is 1. The van der Waals surface area contributed by atoms with Crippen LogP contribution in [0.2, 0.25) is 0 Å². The Kier molecular flexibility index (Phi) is 9.73. The molecule has 0 aliphatic carbocycles. The monoisotopic (exact) mass is 471 g/mol. The van der Waals surface area contributed by atoms with Gasteiger partial charge in [-0.25, -0.2) is 10.6 Å². The summed E-state index contributed by atoms with van der Waals surface area (Å²) in [6, 6.07) is 0. The molecular formula is C14H32ClN10O4S+. The number of hydrogen-bond acceptors (Lipinski definition) is 13. The van der Waals surface area contributed by atoms with Gasteiger partial charge in [0.25, 0.3) is 0 Å². The number of carboxylic acid groups (broad SMARTS) is 1. The standard InChI is InChI=1S/C14H31ClN10O4S/c15-9-17-10(19-11(18-9)23-28)16-3-5-30-14-21-12(24-29)20-13(22-14)25-4-1-2-7(6-25)8(26)27/h7,9-14,16-24,28-29H,1-6H2,(H,26,27)/p+1. The van der Waals surface area contributed by atoms with E-state index in [0.29, 0.717) is 19.5 Å². The molecule has 3 aliphatic heterocycles. The highest BCUT2D eigenvalue weighted by Crippen LogP contribution is 2.10. The first-order valence-corrected chi connectivity index (χ1v) is 11.4. The van der Waals surface area contributed by atoms with Crippen LogP contribution in [0, 0.1) is 5.92 Å². The molecule has 174 valence electrons. The third-order valence-electron chi connectivity index (χ3n) is 5.24. The number of hydrogen-bond donors (Lipinski definition) is 13. The minimum absolute atomic E-state index is 0.151. The Morgan fingerprint density at radius 2 is 1.80 bits per heavy atom. The van der Waals surface area contributed by atoms with Crippen molar-refractivity contribution in [1.82, 2.24) is 48.2 Å². The molecule has 8 atom stereocenters. The SMILES string of the molecule is O=C(O)C1CCC[NH+](C2NC(NO)NC(SCCNC3NC(Cl)NC(NO)N3)N2)C1. The molecule has 14 nitrogen and oxygen atoms in total. The first-order chi connectivity index (χ1) is 14.5. The topological polar surface area (TPSA) is 190 Å². The third-order valence-corrected chi connectivity index (χ3v) is 6.54. The predicted molar refractivity (Wildman–Crippen MR) is 109 cm³/mol. The number of rotatable bonds is 9. The van der Waals surface area contributed by atoms with Crippen molar-refractivity contribution < 1.29 is 25.2 Å². The number of hydroxylamine groups is 2. The Morgan fingerprint density at radius 1 is 1.07 bits per heavy atom. The van der Waals surface area contributed by atoms with E-state index in [2.05, 4.69) is 48.2 Å². The van der Waals surface area contributed by atoms with Crippen molar-refractivity contribution in [1.29, 1.82) is 0 Å². The Balaban J connectivity index is 1.43. The summed E-state index contributed by atoms with van der Waals surface area (Å²) in [4.78, 5) is 12.5. The average molecular weight is 472 g/mol. The smallest absolute Gasteiger partial charge is 0.312 e. The maximum absolute atomic E-state index is 11.4. The normalized spacial score (nSPS) is 40.2.